The van der Waals surface area contributed by atoms with Crippen molar-refractivity contribution in [2.75, 3.05) is 26.9 Å². The lowest BCUT2D eigenvalue weighted by molar-refractivity contribution is -0.141. The van der Waals surface area contributed by atoms with Crippen LogP contribution < -0.4 is 10.1 Å². The molecule has 104 valence electrons. The molecule has 2 atom stereocenters. The second kappa shape index (κ2) is 6.54. The van der Waals surface area contributed by atoms with Crippen molar-refractivity contribution in [1.82, 2.24) is 5.32 Å². The van der Waals surface area contributed by atoms with Gasteiger partial charge in [0.2, 0.25) is 0 Å². The lowest BCUT2D eigenvalue weighted by Gasteiger charge is -2.12. The molecule has 1 aliphatic rings. The largest absolute Gasteiger partial charge is 0.491 e. The van der Waals surface area contributed by atoms with Crippen molar-refractivity contribution >= 4 is 5.97 Å². The molecule has 1 saturated heterocycles. The van der Waals surface area contributed by atoms with Crippen LogP contribution in [-0.2, 0) is 9.53 Å². The molecule has 2 rings (SSSR count). The Balaban J connectivity index is 1.90. The summed E-state index contributed by atoms with van der Waals surface area (Å²) >= 11 is 0. The van der Waals surface area contributed by atoms with E-state index in [0.29, 0.717) is 26.2 Å². The Morgan fingerprint density at radius 3 is 2.68 bits per heavy atom. The number of carbonyl (C=O) groups is 1. The van der Waals surface area contributed by atoms with Crippen LogP contribution in [0.3, 0.4) is 0 Å². The lowest BCUT2D eigenvalue weighted by atomic mass is 10.0. The first kappa shape index (κ1) is 13.8. The van der Waals surface area contributed by atoms with Crippen LogP contribution in [0.15, 0.2) is 24.3 Å². The van der Waals surface area contributed by atoms with Crippen molar-refractivity contribution in [2.45, 2.75) is 12.5 Å². The summed E-state index contributed by atoms with van der Waals surface area (Å²) in [5, 5.41) is 12.2. The number of rotatable bonds is 6. The molecule has 0 bridgehead atoms. The number of hydrogen-bond acceptors (Lipinski definition) is 4. The molecular weight excluding hydrogens is 246 g/mol. The van der Waals surface area contributed by atoms with Crippen LogP contribution in [0.4, 0.5) is 0 Å². The normalized spacial score (nSPS) is 22.4. The highest BCUT2D eigenvalue weighted by Crippen LogP contribution is 2.28. The smallest absolute Gasteiger partial charge is 0.307 e. The molecule has 5 nitrogen and oxygen atoms in total. The predicted molar refractivity (Wildman–Crippen MR) is 70.3 cm³/mol. The topological polar surface area (TPSA) is 67.8 Å². The number of aliphatic carboxylic acids is 1. The zero-order valence-corrected chi connectivity index (χ0v) is 11.0. The molecule has 2 unspecified atom stereocenters. The van der Waals surface area contributed by atoms with E-state index < -0.39 is 5.97 Å². The summed E-state index contributed by atoms with van der Waals surface area (Å²) in [4.78, 5) is 10.9. The number of benzene rings is 1. The molecule has 19 heavy (non-hydrogen) atoms. The molecule has 1 aromatic carbocycles. The van der Waals surface area contributed by atoms with Gasteiger partial charge in [-0.15, -0.1) is 0 Å². The molecule has 0 saturated carbocycles. The summed E-state index contributed by atoms with van der Waals surface area (Å²) in [7, 11) is 1.64. The number of hydrogen-bond donors (Lipinski definition) is 2. The number of ether oxygens (including phenoxy) is 2. The van der Waals surface area contributed by atoms with Crippen molar-refractivity contribution in [1.29, 1.82) is 0 Å². The molecule has 1 aliphatic heterocycles. The summed E-state index contributed by atoms with van der Waals surface area (Å²) in [6.45, 7) is 1.62. The molecule has 1 heterocycles. The van der Waals surface area contributed by atoms with Gasteiger partial charge in [-0.1, -0.05) is 12.1 Å². The third-order valence-corrected chi connectivity index (χ3v) is 3.32. The summed E-state index contributed by atoms with van der Waals surface area (Å²) in [5.41, 5.74) is 1.10. The van der Waals surface area contributed by atoms with Crippen molar-refractivity contribution in [3.8, 4) is 5.75 Å². The fourth-order valence-corrected chi connectivity index (χ4v) is 2.22. The van der Waals surface area contributed by atoms with Crippen LogP contribution in [-0.4, -0.2) is 37.9 Å². The molecule has 1 aromatic rings. The van der Waals surface area contributed by atoms with Crippen molar-refractivity contribution in [3.05, 3.63) is 29.8 Å². The van der Waals surface area contributed by atoms with Crippen LogP contribution in [0, 0.1) is 5.92 Å². The maximum atomic E-state index is 10.9. The summed E-state index contributed by atoms with van der Waals surface area (Å²) in [5.74, 6) is -0.217. The van der Waals surface area contributed by atoms with E-state index in [-0.39, 0.29) is 12.0 Å². The molecule has 0 aromatic heterocycles. The van der Waals surface area contributed by atoms with Gasteiger partial charge < -0.3 is 19.9 Å². The third kappa shape index (κ3) is 3.68. The highest BCUT2D eigenvalue weighted by molar-refractivity contribution is 5.70. The number of carboxylic acid groups (broad SMARTS) is 1. The average molecular weight is 265 g/mol. The fraction of sp³-hybridized carbons (Fsp3) is 0.500. The second-order valence-corrected chi connectivity index (χ2v) is 4.64. The second-order valence-electron chi connectivity index (χ2n) is 4.64. The molecule has 2 N–H and O–H groups in total. The quantitative estimate of drug-likeness (QED) is 0.762. The van der Waals surface area contributed by atoms with Crippen LogP contribution in [0.5, 0.6) is 5.75 Å². The van der Waals surface area contributed by atoms with Gasteiger partial charge in [0.1, 0.15) is 12.4 Å². The average Bonchev–Trinajstić information content (AvgIpc) is 2.90. The first-order chi connectivity index (χ1) is 9.20. The van der Waals surface area contributed by atoms with Crippen LogP contribution in [0.2, 0.25) is 0 Å². The first-order valence-electron chi connectivity index (χ1n) is 6.38. The van der Waals surface area contributed by atoms with Gasteiger partial charge in [0.25, 0.3) is 0 Å². The fourth-order valence-electron chi connectivity index (χ4n) is 2.22. The van der Waals surface area contributed by atoms with E-state index in [1.54, 1.807) is 7.11 Å². The number of carboxylic acids is 1. The Hall–Kier alpha value is -1.59. The van der Waals surface area contributed by atoms with Gasteiger partial charge in [0, 0.05) is 19.7 Å². The van der Waals surface area contributed by atoms with Gasteiger partial charge >= 0.3 is 5.97 Å². The molecule has 0 radical (unpaired) electrons. The summed E-state index contributed by atoms with van der Waals surface area (Å²) in [6.07, 6.45) is 0.638. The highest BCUT2D eigenvalue weighted by Gasteiger charge is 2.29. The van der Waals surface area contributed by atoms with Crippen LogP contribution >= 0.6 is 0 Å². The zero-order valence-electron chi connectivity index (χ0n) is 11.0. The minimum atomic E-state index is -0.727. The van der Waals surface area contributed by atoms with E-state index in [2.05, 4.69) is 5.32 Å². The van der Waals surface area contributed by atoms with Gasteiger partial charge in [0.05, 0.1) is 12.5 Å². The monoisotopic (exact) mass is 265 g/mol. The summed E-state index contributed by atoms with van der Waals surface area (Å²) in [6, 6.07) is 7.88. The third-order valence-electron chi connectivity index (χ3n) is 3.32. The van der Waals surface area contributed by atoms with Gasteiger partial charge in [0.15, 0.2) is 0 Å². The van der Waals surface area contributed by atoms with Gasteiger partial charge in [-0.3, -0.25) is 4.79 Å². The Morgan fingerprint density at radius 1 is 1.37 bits per heavy atom. The number of nitrogens with one attached hydrogen (secondary N) is 1. The molecule has 0 amide bonds. The minimum absolute atomic E-state index is 0.120. The minimum Gasteiger partial charge on any atom is -0.491 e. The van der Waals surface area contributed by atoms with Crippen molar-refractivity contribution in [2.24, 2.45) is 5.92 Å². The highest BCUT2D eigenvalue weighted by atomic mass is 16.5. The van der Waals surface area contributed by atoms with E-state index in [9.17, 15) is 4.79 Å². The van der Waals surface area contributed by atoms with Crippen molar-refractivity contribution < 1.29 is 19.4 Å². The van der Waals surface area contributed by atoms with E-state index in [1.807, 2.05) is 24.3 Å². The molecule has 5 heteroatoms. The Morgan fingerprint density at radius 2 is 2.11 bits per heavy atom. The predicted octanol–water partition coefficient (Wildman–Crippen LogP) is 1.45. The van der Waals surface area contributed by atoms with Crippen molar-refractivity contribution in [3.63, 3.8) is 0 Å². The van der Waals surface area contributed by atoms with Crippen LogP contribution in [0.25, 0.3) is 0 Å². The standard InChI is InChI=1S/C14H19NO4/c1-18-6-7-19-12-4-2-10(3-5-12)13-8-11(9-15-13)14(16)17/h2-5,11,13,15H,6-9H2,1H3,(H,16,17). The van der Waals surface area contributed by atoms with E-state index in [4.69, 9.17) is 14.6 Å². The Kier molecular flexibility index (Phi) is 4.76. The SMILES string of the molecule is COCCOc1ccc(C2CC(C(=O)O)CN2)cc1. The van der Waals surface area contributed by atoms with Gasteiger partial charge in [-0.25, -0.2) is 0 Å². The van der Waals surface area contributed by atoms with E-state index in [1.165, 1.54) is 0 Å². The van der Waals surface area contributed by atoms with E-state index >= 15 is 0 Å². The molecule has 0 aliphatic carbocycles. The van der Waals surface area contributed by atoms with Gasteiger partial charge in [-0.2, -0.15) is 0 Å². The number of methoxy groups -OCH3 is 1. The summed E-state index contributed by atoms with van der Waals surface area (Å²) < 4.78 is 10.4. The maximum absolute atomic E-state index is 10.9. The van der Waals surface area contributed by atoms with Gasteiger partial charge in [-0.05, 0) is 24.1 Å². The molecule has 0 spiro atoms. The Labute approximate surface area is 112 Å². The zero-order chi connectivity index (χ0) is 13.7. The first-order valence-corrected chi connectivity index (χ1v) is 6.38. The Bertz CT molecular complexity index is 418. The van der Waals surface area contributed by atoms with Crippen LogP contribution in [0.1, 0.15) is 18.0 Å². The van der Waals surface area contributed by atoms with E-state index in [0.717, 1.165) is 11.3 Å². The molecule has 1 fully saturated rings. The molecular formula is C14H19NO4. The maximum Gasteiger partial charge on any atom is 0.307 e. The lowest BCUT2D eigenvalue weighted by Crippen LogP contribution is -2.17.